The van der Waals surface area contributed by atoms with Gasteiger partial charge in [-0.15, -0.1) is 0 Å². The highest BCUT2D eigenvalue weighted by Gasteiger charge is 2.19. The zero-order valence-corrected chi connectivity index (χ0v) is 13.4. The number of rotatable bonds is 8. The molecule has 0 fully saturated rings. The minimum atomic E-state index is -0.438. The predicted molar refractivity (Wildman–Crippen MR) is 83.5 cm³/mol. The molecule has 0 radical (unpaired) electrons. The fraction of sp³-hybridized carbons (Fsp3) is 0.562. The third-order valence-corrected chi connectivity index (χ3v) is 3.45. The van der Waals surface area contributed by atoms with Crippen LogP contribution in [0.1, 0.15) is 31.7 Å². The van der Waals surface area contributed by atoms with E-state index in [9.17, 15) is 4.79 Å². The van der Waals surface area contributed by atoms with Crippen molar-refractivity contribution in [1.82, 2.24) is 4.90 Å². The van der Waals surface area contributed by atoms with Crippen molar-refractivity contribution >= 4 is 5.91 Å². The molecular formula is C16H26N2O3. The van der Waals surface area contributed by atoms with E-state index in [4.69, 9.17) is 15.2 Å². The van der Waals surface area contributed by atoms with Gasteiger partial charge in [0, 0.05) is 19.2 Å². The molecule has 118 valence electrons. The Kier molecular flexibility index (Phi) is 7.02. The van der Waals surface area contributed by atoms with E-state index in [0.717, 1.165) is 24.8 Å². The van der Waals surface area contributed by atoms with E-state index in [1.807, 2.05) is 18.2 Å². The first-order valence-corrected chi connectivity index (χ1v) is 7.25. The molecule has 0 aliphatic carbocycles. The Morgan fingerprint density at radius 2 is 2.05 bits per heavy atom. The summed E-state index contributed by atoms with van der Waals surface area (Å²) in [5.74, 6) is 1.27. The molecule has 0 saturated heterocycles. The Balaban J connectivity index is 2.78. The Labute approximate surface area is 127 Å². The van der Waals surface area contributed by atoms with E-state index in [1.54, 1.807) is 26.2 Å². The number of nitrogens with two attached hydrogens (primary N) is 1. The van der Waals surface area contributed by atoms with E-state index in [0.29, 0.717) is 18.0 Å². The lowest BCUT2D eigenvalue weighted by Crippen LogP contribution is -2.41. The Hall–Kier alpha value is -1.75. The van der Waals surface area contributed by atoms with Crippen LogP contribution in [-0.2, 0) is 11.3 Å². The molecule has 0 saturated carbocycles. The quantitative estimate of drug-likeness (QED) is 0.798. The van der Waals surface area contributed by atoms with Crippen molar-refractivity contribution in [2.75, 3.05) is 21.3 Å². The van der Waals surface area contributed by atoms with Crippen molar-refractivity contribution in [2.45, 2.75) is 38.8 Å². The zero-order chi connectivity index (χ0) is 15.8. The number of ether oxygens (including phenoxy) is 2. The van der Waals surface area contributed by atoms with Crippen molar-refractivity contribution in [3.8, 4) is 11.5 Å². The number of methoxy groups -OCH3 is 2. The SMILES string of the molecule is CCCC[C@H](N)C(=O)N(C)Cc1cccc(OC)c1OC. The molecule has 0 aliphatic rings. The van der Waals surface area contributed by atoms with Gasteiger partial charge in [-0.1, -0.05) is 31.9 Å². The standard InChI is InChI=1S/C16H26N2O3/c1-5-6-9-13(17)16(19)18(2)11-12-8-7-10-14(20-3)15(12)21-4/h7-8,10,13H,5-6,9,11,17H2,1-4H3/t13-/m0/s1. The first kappa shape index (κ1) is 17.3. The van der Waals surface area contributed by atoms with Crippen LogP contribution in [0.25, 0.3) is 0 Å². The average Bonchev–Trinajstić information content (AvgIpc) is 2.51. The number of nitrogens with zero attached hydrogens (tertiary/aromatic N) is 1. The van der Waals surface area contributed by atoms with Crippen LogP contribution in [0.4, 0.5) is 0 Å². The van der Waals surface area contributed by atoms with Crippen LogP contribution in [0.3, 0.4) is 0 Å². The molecular weight excluding hydrogens is 268 g/mol. The van der Waals surface area contributed by atoms with Gasteiger partial charge < -0.3 is 20.1 Å². The Morgan fingerprint density at radius 3 is 2.62 bits per heavy atom. The lowest BCUT2D eigenvalue weighted by atomic mass is 10.1. The third kappa shape index (κ3) is 4.63. The summed E-state index contributed by atoms with van der Waals surface area (Å²) in [5, 5.41) is 0. The van der Waals surface area contributed by atoms with Crippen molar-refractivity contribution in [3.63, 3.8) is 0 Å². The second kappa shape index (κ2) is 8.52. The topological polar surface area (TPSA) is 64.8 Å². The lowest BCUT2D eigenvalue weighted by Gasteiger charge is -2.23. The minimum absolute atomic E-state index is 0.0478. The summed E-state index contributed by atoms with van der Waals surface area (Å²) in [6.45, 7) is 2.53. The monoisotopic (exact) mass is 294 g/mol. The van der Waals surface area contributed by atoms with Gasteiger partial charge in [-0.25, -0.2) is 0 Å². The van der Waals surface area contributed by atoms with E-state index in [-0.39, 0.29) is 5.91 Å². The molecule has 0 spiro atoms. The summed E-state index contributed by atoms with van der Waals surface area (Å²) in [5.41, 5.74) is 6.84. The van der Waals surface area contributed by atoms with Crippen LogP contribution in [0, 0.1) is 0 Å². The molecule has 0 heterocycles. The van der Waals surface area contributed by atoms with Crippen LogP contribution in [0.5, 0.6) is 11.5 Å². The second-order valence-electron chi connectivity index (χ2n) is 5.10. The van der Waals surface area contributed by atoms with Crippen LogP contribution < -0.4 is 15.2 Å². The van der Waals surface area contributed by atoms with Gasteiger partial charge in [-0.2, -0.15) is 0 Å². The van der Waals surface area contributed by atoms with E-state index < -0.39 is 6.04 Å². The van der Waals surface area contributed by atoms with Gasteiger partial charge in [-0.3, -0.25) is 4.79 Å². The smallest absolute Gasteiger partial charge is 0.239 e. The fourth-order valence-electron chi connectivity index (χ4n) is 2.24. The summed E-state index contributed by atoms with van der Waals surface area (Å²) in [4.78, 5) is 13.9. The van der Waals surface area contributed by atoms with Crippen molar-refractivity contribution in [1.29, 1.82) is 0 Å². The first-order valence-electron chi connectivity index (χ1n) is 7.25. The summed E-state index contributed by atoms with van der Waals surface area (Å²) < 4.78 is 10.6. The summed E-state index contributed by atoms with van der Waals surface area (Å²) >= 11 is 0. The Bertz CT molecular complexity index is 463. The maximum atomic E-state index is 12.2. The normalized spacial score (nSPS) is 11.9. The van der Waals surface area contributed by atoms with E-state index in [1.165, 1.54) is 0 Å². The zero-order valence-electron chi connectivity index (χ0n) is 13.4. The minimum Gasteiger partial charge on any atom is -0.493 e. The van der Waals surface area contributed by atoms with Crippen LogP contribution in [0.15, 0.2) is 18.2 Å². The van der Waals surface area contributed by atoms with Crippen LogP contribution in [-0.4, -0.2) is 38.1 Å². The molecule has 5 heteroatoms. The molecule has 1 atom stereocenters. The summed E-state index contributed by atoms with van der Waals surface area (Å²) in [6, 6.07) is 5.19. The Morgan fingerprint density at radius 1 is 1.33 bits per heavy atom. The number of benzene rings is 1. The van der Waals surface area contributed by atoms with Gasteiger partial charge in [0.05, 0.1) is 20.3 Å². The molecule has 0 bridgehead atoms. The molecule has 0 aliphatic heterocycles. The molecule has 1 rings (SSSR count). The highest BCUT2D eigenvalue weighted by atomic mass is 16.5. The highest BCUT2D eigenvalue weighted by molar-refractivity contribution is 5.81. The average molecular weight is 294 g/mol. The number of para-hydroxylation sites is 1. The van der Waals surface area contributed by atoms with Gasteiger partial charge in [0.15, 0.2) is 11.5 Å². The number of amides is 1. The molecule has 2 N–H and O–H groups in total. The molecule has 0 aromatic heterocycles. The highest BCUT2D eigenvalue weighted by Crippen LogP contribution is 2.31. The maximum Gasteiger partial charge on any atom is 0.239 e. The van der Waals surface area contributed by atoms with Gasteiger partial charge in [0.1, 0.15) is 0 Å². The van der Waals surface area contributed by atoms with Gasteiger partial charge in [0.2, 0.25) is 5.91 Å². The number of hydrogen-bond donors (Lipinski definition) is 1. The largest absolute Gasteiger partial charge is 0.493 e. The second-order valence-corrected chi connectivity index (χ2v) is 5.10. The molecule has 1 amide bonds. The predicted octanol–water partition coefficient (Wildman–Crippen LogP) is 2.18. The first-order chi connectivity index (χ1) is 10.0. The number of hydrogen-bond acceptors (Lipinski definition) is 4. The van der Waals surface area contributed by atoms with E-state index >= 15 is 0 Å². The van der Waals surface area contributed by atoms with Crippen molar-refractivity contribution in [2.24, 2.45) is 5.73 Å². The lowest BCUT2D eigenvalue weighted by molar-refractivity contribution is -0.132. The van der Waals surface area contributed by atoms with Crippen molar-refractivity contribution < 1.29 is 14.3 Å². The number of unbranched alkanes of at least 4 members (excludes halogenated alkanes) is 1. The molecule has 0 unspecified atom stereocenters. The molecule has 1 aromatic rings. The van der Waals surface area contributed by atoms with E-state index in [2.05, 4.69) is 6.92 Å². The number of carbonyl (C=O) groups is 1. The maximum absolute atomic E-state index is 12.2. The molecule has 1 aromatic carbocycles. The molecule has 21 heavy (non-hydrogen) atoms. The van der Waals surface area contributed by atoms with Crippen molar-refractivity contribution in [3.05, 3.63) is 23.8 Å². The van der Waals surface area contributed by atoms with Gasteiger partial charge in [-0.05, 0) is 12.5 Å². The molecule has 5 nitrogen and oxygen atoms in total. The fourth-order valence-corrected chi connectivity index (χ4v) is 2.24. The van der Waals surface area contributed by atoms with Gasteiger partial charge >= 0.3 is 0 Å². The third-order valence-electron chi connectivity index (χ3n) is 3.45. The summed E-state index contributed by atoms with van der Waals surface area (Å²) in [7, 11) is 4.94. The van der Waals surface area contributed by atoms with Crippen LogP contribution in [0.2, 0.25) is 0 Å². The number of likely N-dealkylation sites (N-methyl/N-ethyl adjacent to an activating group) is 1. The summed E-state index contributed by atoms with van der Waals surface area (Å²) in [6.07, 6.45) is 2.71. The van der Waals surface area contributed by atoms with Crippen LogP contribution >= 0.6 is 0 Å². The van der Waals surface area contributed by atoms with Gasteiger partial charge in [0.25, 0.3) is 0 Å². The number of carbonyl (C=O) groups excluding carboxylic acids is 1.